The molecule has 0 saturated carbocycles. The number of nitrogens with zero attached hydrogens (tertiary/aromatic N) is 1. The van der Waals surface area contributed by atoms with Crippen LogP contribution >= 0.6 is 24.0 Å². The van der Waals surface area contributed by atoms with Gasteiger partial charge >= 0.3 is 0 Å². The topological polar surface area (TPSA) is 44.0 Å². The Kier molecular flexibility index (Phi) is 2.36. The van der Waals surface area contributed by atoms with Crippen molar-refractivity contribution in [3.63, 3.8) is 0 Å². The summed E-state index contributed by atoms with van der Waals surface area (Å²) in [6.07, 6.45) is 0.381. The van der Waals surface area contributed by atoms with Crippen LogP contribution in [0.4, 0.5) is 0 Å². The Labute approximate surface area is 90.8 Å². The van der Waals surface area contributed by atoms with Crippen LogP contribution < -0.4 is 0 Å². The van der Waals surface area contributed by atoms with Crippen molar-refractivity contribution < 1.29 is 5.11 Å². The van der Waals surface area contributed by atoms with Gasteiger partial charge in [-0.05, 0) is 18.2 Å². The molecule has 0 aliphatic carbocycles. The van der Waals surface area contributed by atoms with Gasteiger partial charge in [0.1, 0.15) is 5.75 Å². The normalized spacial score (nSPS) is 10.3. The Morgan fingerprint density at radius 3 is 2.93 bits per heavy atom. The second kappa shape index (κ2) is 3.52. The number of hydrogen-bond donors (Lipinski definition) is 2. The van der Waals surface area contributed by atoms with Crippen molar-refractivity contribution in [2.45, 2.75) is 11.3 Å². The van der Waals surface area contributed by atoms with Crippen molar-refractivity contribution in [2.75, 3.05) is 0 Å². The zero-order valence-electron chi connectivity index (χ0n) is 7.19. The van der Waals surface area contributed by atoms with Gasteiger partial charge in [0.25, 0.3) is 0 Å². The van der Waals surface area contributed by atoms with Gasteiger partial charge in [-0.25, -0.2) is 0 Å². The molecule has 2 aromatic rings. The van der Waals surface area contributed by atoms with E-state index in [1.165, 1.54) is 11.3 Å². The predicted molar refractivity (Wildman–Crippen MR) is 60.1 cm³/mol. The first-order chi connectivity index (χ1) is 6.72. The van der Waals surface area contributed by atoms with Gasteiger partial charge in [-0.2, -0.15) is 5.26 Å². The zero-order chi connectivity index (χ0) is 10.1. The van der Waals surface area contributed by atoms with Gasteiger partial charge in [-0.3, -0.25) is 0 Å². The number of hydrogen-bond acceptors (Lipinski definition) is 4. The fraction of sp³-hybridized carbons (Fsp3) is 0.100. The molecule has 0 amide bonds. The van der Waals surface area contributed by atoms with E-state index in [0.717, 1.165) is 19.9 Å². The largest absolute Gasteiger partial charge is 0.506 e. The Bertz CT molecular complexity index is 486. The maximum Gasteiger partial charge on any atom is 0.133 e. The summed E-state index contributed by atoms with van der Waals surface area (Å²) in [6, 6.07) is 7.37. The lowest BCUT2D eigenvalue weighted by atomic mass is 10.2. The van der Waals surface area contributed by atoms with E-state index < -0.39 is 0 Å². The van der Waals surface area contributed by atoms with Crippen LogP contribution in [0.3, 0.4) is 0 Å². The number of benzene rings is 1. The van der Waals surface area contributed by atoms with Crippen LogP contribution in [0.25, 0.3) is 10.1 Å². The van der Waals surface area contributed by atoms with Crippen LogP contribution in [0.15, 0.2) is 23.1 Å². The quantitative estimate of drug-likeness (QED) is 0.727. The number of aromatic hydroxyl groups is 1. The lowest BCUT2D eigenvalue weighted by Crippen LogP contribution is -1.70. The highest BCUT2D eigenvalue weighted by Crippen LogP contribution is 2.36. The van der Waals surface area contributed by atoms with Crippen molar-refractivity contribution in [3.05, 3.63) is 23.1 Å². The van der Waals surface area contributed by atoms with Gasteiger partial charge in [0.15, 0.2) is 0 Å². The third kappa shape index (κ3) is 1.45. The molecular formula is C10H7NOS2. The molecule has 1 N–H and O–H groups in total. The van der Waals surface area contributed by atoms with Crippen LogP contribution in [-0.4, -0.2) is 5.11 Å². The third-order valence-electron chi connectivity index (χ3n) is 1.94. The molecule has 0 aliphatic heterocycles. The minimum Gasteiger partial charge on any atom is -0.506 e. The minimum absolute atomic E-state index is 0.256. The zero-order valence-corrected chi connectivity index (χ0v) is 8.90. The average Bonchev–Trinajstić information content (AvgIpc) is 2.57. The molecule has 70 valence electrons. The molecule has 1 aromatic heterocycles. The summed E-state index contributed by atoms with van der Waals surface area (Å²) in [7, 11) is 0. The number of thiol groups is 1. The van der Waals surface area contributed by atoms with Crippen molar-refractivity contribution in [1.82, 2.24) is 0 Å². The molecule has 0 atom stereocenters. The Morgan fingerprint density at radius 2 is 2.29 bits per heavy atom. The number of phenolic OH excluding ortho intramolecular Hbond substituents is 1. The maximum absolute atomic E-state index is 9.57. The molecule has 4 heteroatoms. The monoisotopic (exact) mass is 221 g/mol. The molecule has 2 nitrogen and oxygen atoms in total. The van der Waals surface area contributed by atoms with E-state index in [2.05, 4.69) is 18.7 Å². The first kappa shape index (κ1) is 9.38. The lowest BCUT2D eigenvalue weighted by molar-refractivity contribution is 0.482. The fourth-order valence-electron chi connectivity index (χ4n) is 1.31. The van der Waals surface area contributed by atoms with E-state index in [-0.39, 0.29) is 5.75 Å². The minimum atomic E-state index is 0.256. The second-order valence-corrected chi connectivity index (χ2v) is 4.51. The fourth-order valence-corrected chi connectivity index (χ4v) is 2.66. The molecule has 0 bridgehead atoms. The summed E-state index contributed by atoms with van der Waals surface area (Å²) in [6.45, 7) is 0. The Morgan fingerprint density at radius 1 is 1.50 bits per heavy atom. The van der Waals surface area contributed by atoms with Gasteiger partial charge in [0, 0.05) is 15.2 Å². The van der Waals surface area contributed by atoms with Gasteiger partial charge in [0.05, 0.1) is 17.2 Å². The number of rotatable bonds is 1. The Hall–Kier alpha value is -1.18. The highest BCUT2D eigenvalue weighted by Gasteiger charge is 2.07. The highest BCUT2D eigenvalue weighted by molar-refractivity contribution is 7.80. The van der Waals surface area contributed by atoms with E-state index in [1.807, 2.05) is 6.07 Å². The first-order valence-electron chi connectivity index (χ1n) is 4.02. The van der Waals surface area contributed by atoms with E-state index in [4.69, 9.17) is 5.26 Å². The molecule has 0 radical (unpaired) electrons. The van der Waals surface area contributed by atoms with E-state index in [1.54, 1.807) is 12.1 Å². The summed E-state index contributed by atoms with van der Waals surface area (Å²) in [4.78, 5) is 1.79. The summed E-state index contributed by atoms with van der Waals surface area (Å²) < 4.78 is 0.808. The molecule has 1 aromatic carbocycles. The molecule has 0 spiro atoms. The molecule has 0 fully saturated rings. The SMILES string of the molecule is N#CCc1cc2c(S)ccc(O)c2s1. The second-order valence-electron chi connectivity index (χ2n) is 2.89. The average molecular weight is 221 g/mol. The summed E-state index contributed by atoms with van der Waals surface area (Å²) in [5.41, 5.74) is 0. The van der Waals surface area contributed by atoms with Crippen molar-refractivity contribution >= 4 is 34.1 Å². The number of thiophene rings is 1. The van der Waals surface area contributed by atoms with Gasteiger partial charge in [-0.1, -0.05) is 0 Å². The van der Waals surface area contributed by atoms with Crippen LogP contribution in [0.5, 0.6) is 5.75 Å². The third-order valence-corrected chi connectivity index (χ3v) is 3.49. The van der Waals surface area contributed by atoms with E-state index in [0.29, 0.717) is 6.42 Å². The molecule has 0 aliphatic rings. The van der Waals surface area contributed by atoms with Gasteiger partial charge in [-0.15, -0.1) is 24.0 Å². The standard InChI is InChI=1S/C10H7NOS2/c11-4-3-6-5-7-9(13)2-1-8(12)10(7)14-6/h1-2,5,12-13H,3H2. The molecule has 14 heavy (non-hydrogen) atoms. The van der Waals surface area contributed by atoms with Crippen molar-refractivity contribution in [3.8, 4) is 11.8 Å². The van der Waals surface area contributed by atoms with Gasteiger partial charge < -0.3 is 5.11 Å². The Balaban J connectivity index is 2.70. The molecule has 0 saturated heterocycles. The van der Waals surface area contributed by atoms with Crippen molar-refractivity contribution in [1.29, 1.82) is 5.26 Å². The summed E-state index contributed by atoms with van der Waals surface area (Å²) in [5.74, 6) is 0.256. The van der Waals surface area contributed by atoms with Crippen LogP contribution in [-0.2, 0) is 6.42 Å². The smallest absolute Gasteiger partial charge is 0.133 e. The van der Waals surface area contributed by atoms with Crippen LogP contribution in [0, 0.1) is 11.3 Å². The first-order valence-corrected chi connectivity index (χ1v) is 5.29. The lowest BCUT2D eigenvalue weighted by Gasteiger charge is -1.95. The number of phenols is 1. The summed E-state index contributed by atoms with van der Waals surface area (Å²) >= 11 is 5.73. The number of nitriles is 1. The molecule has 2 rings (SSSR count). The highest BCUT2D eigenvalue weighted by atomic mass is 32.1. The maximum atomic E-state index is 9.57. The molecular weight excluding hydrogens is 214 g/mol. The van der Waals surface area contributed by atoms with Gasteiger partial charge in [0.2, 0.25) is 0 Å². The van der Waals surface area contributed by atoms with Crippen LogP contribution in [0.2, 0.25) is 0 Å². The van der Waals surface area contributed by atoms with Crippen molar-refractivity contribution in [2.24, 2.45) is 0 Å². The van der Waals surface area contributed by atoms with Crippen LogP contribution in [0.1, 0.15) is 4.88 Å². The van der Waals surface area contributed by atoms with E-state index in [9.17, 15) is 5.11 Å². The van der Waals surface area contributed by atoms with E-state index >= 15 is 0 Å². The summed E-state index contributed by atoms with van der Waals surface area (Å²) in [5, 5.41) is 19.0. The molecule has 0 unspecified atom stereocenters. The molecule has 1 heterocycles. The predicted octanol–water partition coefficient (Wildman–Crippen LogP) is 2.96. The number of fused-ring (bicyclic) bond motifs is 1.